The summed E-state index contributed by atoms with van der Waals surface area (Å²) in [5, 5.41) is 2.95. The third kappa shape index (κ3) is 4.82. The number of benzene rings is 1. The highest BCUT2D eigenvalue weighted by atomic mass is 16.5. The predicted molar refractivity (Wildman–Crippen MR) is 92.5 cm³/mol. The van der Waals surface area contributed by atoms with E-state index >= 15 is 0 Å². The van der Waals surface area contributed by atoms with Crippen LogP contribution in [0.3, 0.4) is 0 Å². The van der Waals surface area contributed by atoms with Crippen molar-refractivity contribution >= 4 is 6.03 Å². The Bertz CT molecular complexity index is 678. The summed E-state index contributed by atoms with van der Waals surface area (Å²) in [7, 11) is 1.63. The van der Waals surface area contributed by atoms with Crippen molar-refractivity contribution in [2.24, 2.45) is 0 Å². The minimum atomic E-state index is -0.0803. The van der Waals surface area contributed by atoms with E-state index in [1.807, 2.05) is 24.3 Å². The van der Waals surface area contributed by atoms with Crippen LogP contribution in [0.2, 0.25) is 0 Å². The summed E-state index contributed by atoms with van der Waals surface area (Å²) < 4.78 is 10.9. The van der Waals surface area contributed by atoms with Crippen LogP contribution in [0, 0.1) is 0 Å². The van der Waals surface area contributed by atoms with E-state index in [4.69, 9.17) is 9.47 Å². The summed E-state index contributed by atoms with van der Waals surface area (Å²) in [6.07, 6.45) is 6.53. The Kier molecular flexibility index (Phi) is 5.66. The molecule has 2 heterocycles. The summed E-state index contributed by atoms with van der Waals surface area (Å²) in [5.74, 6) is 1.29. The summed E-state index contributed by atoms with van der Waals surface area (Å²) in [6.45, 7) is 1.76. The fourth-order valence-electron chi connectivity index (χ4n) is 2.77. The molecule has 0 saturated carbocycles. The maximum absolute atomic E-state index is 12.4. The zero-order valence-corrected chi connectivity index (χ0v) is 14.2. The van der Waals surface area contributed by atoms with Gasteiger partial charge in [-0.2, -0.15) is 0 Å². The molecule has 1 aromatic heterocycles. The Hall–Kier alpha value is -2.83. The highest BCUT2D eigenvalue weighted by Gasteiger charge is 2.25. The van der Waals surface area contributed by atoms with Gasteiger partial charge in [0.05, 0.1) is 19.9 Å². The molecule has 25 heavy (non-hydrogen) atoms. The number of rotatable bonds is 5. The second-order valence-corrected chi connectivity index (χ2v) is 5.88. The molecule has 1 aromatic carbocycles. The summed E-state index contributed by atoms with van der Waals surface area (Å²) in [4.78, 5) is 22.3. The van der Waals surface area contributed by atoms with Crippen LogP contribution in [-0.4, -0.2) is 47.2 Å². The van der Waals surface area contributed by atoms with Crippen LogP contribution in [0.25, 0.3) is 0 Å². The van der Waals surface area contributed by atoms with Crippen LogP contribution in [0.15, 0.2) is 42.9 Å². The van der Waals surface area contributed by atoms with Gasteiger partial charge in [-0.1, -0.05) is 12.1 Å². The van der Waals surface area contributed by atoms with Crippen molar-refractivity contribution in [2.45, 2.75) is 25.5 Å². The molecule has 0 radical (unpaired) electrons. The van der Waals surface area contributed by atoms with E-state index in [-0.39, 0.29) is 12.1 Å². The third-order valence-corrected chi connectivity index (χ3v) is 4.10. The van der Waals surface area contributed by atoms with Crippen molar-refractivity contribution < 1.29 is 14.3 Å². The van der Waals surface area contributed by atoms with E-state index < -0.39 is 0 Å². The van der Waals surface area contributed by atoms with Crippen LogP contribution in [0.4, 0.5) is 4.79 Å². The van der Waals surface area contributed by atoms with Crippen molar-refractivity contribution in [1.82, 2.24) is 20.2 Å². The molecule has 1 unspecified atom stereocenters. The number of carbonyl (C=O) groups excluding carboxylic acids is 1. The Morgan fingerprint density at radius 2 is 2.16 bits per heavy atom. The van der Waals surface area contributed by atoms with Gasteiger partial charge in [-0.15, -0.1) is 0 Å². The number of likely N-dealkylation sites (tertiary alicyclic amines) is 1. The molecule has 7 heteroatoms. The SMILES string of the molecule is COc1ccc(CNC(=O)N2CCCC(Oc3cnccn3)C2)cc1. The van der Waals surface area contributed by atoms with Gasteiger partial charge in [0.25, 0.3) is 0 Å². The lowest BCUT2D eigenvalue weighted by Gasteiger charge is -2.32. The fourth-order valence-corrected chi connectivity index (χ4v) is 2.77. The molecule has 3 rings (SSSR count). The fraction of sp³-hybridized carbons (Fsp3) is 0.389. The van der Waals surface area contributed by atoms with Gasteiger partial charge in [-0.25, -0.2) is 9.78 Å². The smallest absolute Gasteiger partial charge is 0.317 e. The molecule has 2 amide bonds. The maximum Gasteiger partial charge on any atom is 0.317 e. The van der Waals surface area contributed by atoms with Crippen molar-refractivity contribution in [3.05, 3.63) is 48.4 Å². The normalized spacial score (nSPS) is 17.0. The molecule has 132 valence electrons. The third-order valence-electron chi connectivity index (χ3n) is 4.10. The van der Waals surface area contributed by atoms with Crippen LogP contribution >= 0.6 is 0 Å². The number of hydrogen-bond donors (Lipinski definition) is 1. The van der Waals surface area contributed by atoms with E-state index in [0.717, 1.165) is 30.7 Å². The highest BCUT2D eigenvalue weighted by molar-refractivity contribution is 5.74. The van der Waals surface area contributed by atoms with Gasteiger partial charge >= 0.3 is 6.03 Å². The number of ether oxygens (including phenoxy) is 2. The number of aromatic nitrogens is 2. The topological polar surface area (TPSA) is 76.6 Å². The molecular formula is C18H22N4O3. The van der Waals surface area contributed by atoms with Crippen LogP contribution in [0.1, 0.15) is 18.4 Å². The predicted octanol–water partition coefficient (Wildman–Crippen LogP) is 2.24. The van der Waals surface area contributed by atoms with Crippen molar-refractivity contribution in [2.75, 3.05) is 20.2 Å². The first kappa shape index (κ1) is 17.0. The Morgan fingerprint density at radius 3 is 2.88 bits per heavy atom. The molecule has 1 aliphatic rings. The molecule has 1 saturated heterocycles. The first-order chi connectivity index (χ1) is 12.2. The van der Waals surface area contributed by atoms with Crippen LogP contribution in [0.5, 0.6) is 11.6 Å². The Labute approximate surface area is 147 Å². The van der Waals surface area contributed by atoms with Gasteiger partial charge in [0, 0.05) is 25.5 Å². The molecule has 1 N–H and O–H groups in total. The first-order valence-corrected chi connectivity index (χ1v) is 8.33. The van der Waals surface area contributed by atoms with Crippen molar-refractivity contribution in [3.8, 4) is 11.6 Å². The zero-order valence-electron chi connectivity index (χ0n) is 14.2. The Balaban J connectivity index is 1.49. The van der Waals surface area contributed by atoms with Gasteiger partial charge in [-0.05, 0) is 30.5 Å². The summed E-state index contributed by atoms with van der Waals surface area (Å²) in [5.41, 5.74) is 1.03. The number of piperidine rings is 1. The second kappa shape index (κ2) is 8.32. The van der Waals surface area contributed by atoms with Crippen molar-refractivity contribution in [3.63, 3.8) is 0 Å². The van der Waals surface area contributed by atoms with Crippen LogP contribution < -0.4 is 14.8 Å². The number of hydrogen-bond acceptors (Lipinski definition) is 5. The molecular weight excluding hydrogens is 320 g/mol. The van der Waals surface area contributed by atoms with Gasteiger partial charge in [0.15, 0.2) is 0 Å². The monoisotopic (exact) mass is 342 g/mol. The average Bonchev–Trinajstić information content (AvgIpc) is 2.67. The molecule has 0 spiro atoms. The molecule has 1 atom stereocenters. The van der Waals surface area contributed by atoms with Gasteiger partial charge in [0.2, 0.25) is 5.88 Å². The highest BCUT2D eigenvalue weighted by Crippen LogP contribution is 2.16. The minimum Gasteiger partial charge on any atom is -0.497 e. The maximum atomic E-state index is 12.4. The number of methoxy groups -OCH3 is 1. The molecule has 1 fully saturated rings. The number of nitrogens with zero attached hydrogens (tertiary/aromatic N) is 3. The number of amides is 2. The quantitative estimate of drug-likeness (QED) is 0.902. The van der Waals surface area contributed by atoms with Gasteiger partial charge in [-0.3, -0.25) is 4.98 Å². The Morgan fingerprint density at radius 1 is 1.32 bits per heavy atom. The lowest BCUT2D eigenvalue weighted by Crippen LogP contribution is -2.48. The van der Waals surface area contributed by atoms with Gasteiger partial charge < -0.3 is 19.7 Å². The number of carbonyl (C=O) groups is 1. The largest absolute Gasteiger partial charge is 0.497 e. The summed E-state index contributed by atoms with van der Waals surface area (Å²) >= 11 is 0. The van der Waals surface area contributed by atoms with E-state index in [0.29, 0.717) is 19.0 Å². The van der Waals surface area contributed by atoms with Crippen LogP contribution in [-0.2, 0) is 6.54 Å². The molecule has 7 nitrogen and oxygen atoms in total. The zero-order chi connectivity index (χ0) is 17.5. The standard InChI is InChI=1S/C18H22N4O3/c1-24-15-6-4-14(5-7-15)11-21-18(23)22-10-2-3-16(13-22)25-17-12-19-8-9-20-17/h4-9,12,16H,2-3,10-11,13H2,1H3,(H,21,23). The molecule has 1 aliphatic heterocycles. The minimum absolute atomic E-state index is 0.0582. The van der Waals surface area contributed by atoms with Gasteiger partial charge in [0.1, 0.15) is 11.9 Å². The number of urea groups is 1. The molecule has 0 aliphatic carbocycles. The van der Waals surface area contributed by atoms with E-state index in [1.54, 1.807) is 30.6 Å². The lowest BCUT2D eigenvalue weighted by atomic mass is 10.1. The molecule has 0 bridgehead atoms. The lowest BCUT2D eigenvalue weighted by molar-refractivity contribution is 0.0974. The second-order valence-electron chi connectivity index (χ2n) is 5.88. The van der Waals surface area contributed by atoms with E-state index in [9.17, 15) is 4.79 Å². The molecule has 2 aromatic rings. The number of nitrogens with one attached hydrogen (secondary N) is 1. The van der Waals surface area contributed by atoms with E-state index in [2.05, 4.69) is 15.3 Å². The van der Waals surface area contributed by atoms with Crippen molar-refractivity contribution in [1.29, 1.82) is 0 Å². The summed E-state index contributed by atoms with van der Waals surface area (Å²) in [6, 6.07) is 7.56. The first-order valence-electron chi connectivity index (χ1n) is 8.33. The van der Waals surface area contributed by atoms with E-state index in [1.165, 1.54) is 0 Å². The average molecular weight is 342 g/mol.